The Morgan fingerprint density at radius 2 is 1.82 bits per heavy atom. The number of benzene rings is 1. The Kier molecular flexibility index (Phi) is 5.18. The Bertz CT molecular complexity index is 399. The third kappa shape index (κ3) is 4.15. The molecule has 6 heteroatoms. The molecule has 0 N–H and O–H groups in total. The second kappa shape index (κ2) is 6.19. The number of hydrogen-bond acceptors (Lipinski definition) is 3. The summed E-state index contributed by atoms with van der Waals surface area (Å²) in [7, 11) is 3.97. The van der Waals surface area contributed by atoms with Gasteiger partial charge in [0.1, 0.15) is 0 Å². The van der Waals surface area contributed by atoms with Crippen molar-refractivity contribution in [2.24, 2.45) is 0 Å². The van der Waals surface area contributed by atoms with E-state index in [0.717, 1.165) is 18.5 Å². The smallest absolute Gasteiger partial charge is 0.272 e. The highest BCUT2D eigenvalue weighted by molar-refractivity contribution is 6.36. The standard InChI is InChI=1S/C11H14Cl2N2O2/c1-14(2)5-3-4-9-10(12)6-8(15(16)17)7-11(9)13/h6-7H,3-5H2,1-2H3. The Balaban J connectivity index is 2.83. The molecule has 0 aliphatic heterocycles. The van der Waals surface area contributed by atoms with Crippen LogP contribution in [0.3, 0.4) is 0 Å². The fraction of sp³-hybridized carbons (Fsp3) is 0.455. The van der Waals surface area contributed by atoms with Crippen LogP contribution in [0, 0.1) is 10.1 Å². The van der Waals surface area contributed by atoms with Crippen LogP contribution in [-0.2, 0) is 6.42 Å². The maximum absolute atomic E-state index is 10.6. The summed E-state index contributed by atoms with van der Waals surface area (Å²) in [5.74, 6) is 0. The molecule has 0 aliphatic rings. The summed E-state index contributed by atoms with van der Waals surface area (Å²) in [5.41, 5.74) is 0.706. The lowest BCUT2D eigenvalue weighted by atomic mass is 10.1. The lowest BCUT2D eigenvalue weighted by Crippen LogP contribution is -2.13. The summed E-state index contributed by atoms with van der Waals surface area (Å²) in [6, 6.07) is 2.69. The van der Waals surface area contributed by atoms with Gasteiger partial charge in [0.15, 0.2) is 0 Å². The summed E-state index contributed by atoms with van der Waals surface area (Å²) in [5, 5.41) is 11.3. The maximum Gasteiger partial charge on any atom is 0.272 e. The van der Waals surface area contributed by atoms with Gasteiger partial charge in [-0.3, -0.25) is 10.1 Å². The minimum atomic E-state index is -0.499. The molecule has 0 aromatic heterocycles. The maximum atomic E-state index is 10.6. The first-order chi connectivity index (χ1) is 7.91. The minimum absolute atomic E-state index is 0.0728. The van der Waals surface area contributed by atoms with Crippen LogP contribution in [0.2, 0.25) is 10.0 Å². The van der Waals surface area contributed by atoms with Crippen LogP contribution >= 0.6 is 23.2 Å². The molecule has 0 spiro atoms. The third-order valence-corrected chi connectivity index (χ3v) is 3.04. The van der Waals surface area contributed by atoms with E-state index in [9.17, 15) is 10.1 Å². The highest BCUT2D eigenvalue weighted by Crippen LogP contribution is 2.30. The van der Waals surface area contributed by atoms with Gasteiger partial charge in [-0.15, -0.1) is 0 Å². The number of halogens is 2. The van der Waals surface area contributed by atoms with Crippen LogP contribution < -0.4 is 0 Å². The van der Waals surface area contributed by atoms with Gasteiger partial charge < -0.3 is 4.90 Å². The Morgan fingerprint density at radius 3 is 2.24 bits per heavy atom. The van der Waals surface area contributed by atoms with Gasteiger partial charge in [0.25, 0.3) is 5.69 Å². The van der Waals surface area contributed by atoms with Gasteiger partial charge in [-0.05, 0) is 39.0 Å². The minimum Gasteiger partial charge on any atom is -0.309 e. The molecule has 4 nitrogen and oxygen atoms in total. The van der Waals surface area contributed by atoms with E-state index in [0.29, 0.717) is 16.5 Å². The van der Waals surface area contributed by atoms with Crippen LogP contribution in [0.1, 0.15) is 12.0 Å². The van der Waals surface area contributed by atoms with E-state index in [-0.39, 0.29) is 5.69 Å². The molecule has 0 saturated heterocycles. The number of nitrogens with zero attached hydrogens (tertiary/aromatic N) is 2. The molecule has 0 unspecified atom stereocenters. The molecule has 0 aliphatic carbocycles. The monoisotopic (exact) mass is 276 g/mol. The van der Waals surface area contributed by atoms with Gasteiger partial charge in [-0.25, -0.2) is 0 Å². The van der Waals surface area contributed by atoms with E-state index in [1.54, 1.807) is 0 Å². The first kappa shape index (κ1) is 14.2. The van der Waals surface area contributed by atoms with Gasteiger partial charge >= 0.3 is 0 Å². The highest BCUT2D eigenvalue weighted by atomic mass is 35.5. The summed E-state index contributed by atoms with van der Waals surface area (Å²) in [6.07, 6.45) is 1.62. The molecule has 0 atom stereocenters. The van der Waals surface area contributed by atoms with Gasteiger partial charge in [-0.1, -0.05) is 23.2 Å². The van der Waals surface area contributed by atoms with E-state index >= 15 is 0 Å². The van der Waals surface area contributed by atoms with E-state index < -0.39 is 4.92 Å². The molecular weight excluding hydrogens is 263 g/mol. The molecule has 1 aromatic carbocycles. The summed E-state index contributed by atoms with van der Waals surface area (Å²) < 4.78 is 0. The quantitative estimate of drug-likeness (QED) is 0.612. The number of rotatable bonds is 5. The second-order valence-corrected chi connectivity index (χ2v) is 4.87. The summed E-state index contributed by atoms with van der Waals surface area (Å²) in [4.78, 5) is 12.2. The molecule has 0 amide bonds. The van der Waals surface area contributed by atoms with E-state index in [1.165, 1.54) is 12.1 Å². The normalized spacial score (nSPS) is 10.9. The average Bonchev–Trinajstić information content (AvgIpc) is 2.21. The molecule has 0 saturated carbocycles. The van der Waals surface area contributed by atoms with Gasteiger partial charge in [0.2, 0.25) is 0 Å². The predicted molar refractivity (Wildman–Crippen MR) is 70.0 cm³/mol. The van der Waals surface area contributed by atoms with E-state index in [1.807, 2.05) is 14.1 Å². The molecule has 1 aromatic rings. The van der Waals surface area contributed by atoms with Crippen LogP contribution in [0.4, 0.5) is 5.69 Å². The predicted octanol–water partition coefficient (Wildman–Crippen LogP) is 3.40. The van der Waals surface area contributed by atoms with E-state index in [2.05, 4.69) is 4.90 Å². The second-order valence-electron chi connectivity index (χ2n) is 4.05. The van der Waals surface area contributed by atoms with Crippen molar-refractivity contribution in [3.05, 3.63) is 37.9 Å². The number of hydrogen-bond donors (Lipinski definition) is 0. The molecule has 94 valence electrons. The largest absolute Gasteiger partial charge is 0.309 e. The SMILES string of the molecule is CN(C)CCCc1c(Cl)cc([N+](=O)[O-])cc1Cl. The van der Waals surface area contributed by atoms with Crippen molar-refractivity contribution in [1.29, 1.82) is 0 Å². The molecule has 0 heterocycles. The molecule has 0 fully saturated rings. The van der Waals surface area contributed by atoms with Crippen molar-refractivity contribution in [3.63, 3.8) is 0 Å². The van der Waals surface area contributed by atoms with Gasteiger partial charge in [0.05, 0.1) is 15.0 Å². The van der Waals surface area contributed by atoms with Crippen molar-refractivity contribution in [2.45, 2.75) is 12.8 Å². The zero-order valence-electron chi connectivity index (χ0n) is 9.74. The fourth-order valence-electron chi connectivity index (χ4n) is 1.51. The number of nitro benzene ring substituents is 1. The Morgan fingerprint density at radius 1 is 1.29 bits per heavy atom. The first-order valence-electron chi connectivity index (χ1n) is 5.19. The van der Waals surface area contributed by atoms with E-state index in [4.69, 9.17) is 23.2 Å². The average molecular weight is 277 g/mol. The van der Waals surface area contributed by atoms with Crippen LogP contribution in [-0.4, -0.2) is 30.5 Å². The van der Waals surface area contributed by atoms with Crippen molar-refractivity contribution in [3.8, 4) is 0 Å². The fourth-order valence-corrected chi connectivity index (χ4v) is 2.17. The summed E-state index contributed by atoms with van der Waals surface area (Å²) in [6.45, 7) is 0.920. The summed E-state index contributed by atoms with van der Waals surface area (Å²) >= 11 is 12.0. The third-order valence-electron chi connectivity index (χ3n) is 2.37. The molecule has 17 heavy (non-hydrogen) atoms. The molecular formula is C11H14Cl2N2O2. The topological polar surface area (TPSA) is 46.4 Å². The first-order valence-corrected chi connectivity index (χ1v) is 5.94. The lowest BCUT2D eigenvalue weighted by Gasteiger charge is -2.10. The van der Waals surface area contributed by atoms with Gasteiger partial charge in [-0.2, -0.15) is 0 Å². The van der Waals surface area contributed by atoms with Gasteiger partial charge in [0, 0.05) is 12.1 Å². The molecule has 1 rings (SSSR count). The Labute approximate surface area is 110 Å². The number of non-ortho nitro benzene ring substituents is 1. The molecule has 0 bridgehead atoms. The zero-order chi connectivity index (χ0) is 13.0. The van der Waals surface area contributed by atoms with Crippen molar-refractivity contribution >= 4 is 28.9 Å². The highest BCUT2D eigenvalue weighted by Gasteiger charge is 2.14. The van der Waals surface area contributed by atoms with Crippen LogP contribution in [0.15, 0.2) is 12.1 Å². The van der Waals surface area contributed by atoms with Crippen LogP contribution in [0.5, 0.6) is 0 Å². The van der Waals surface area contributed by atoms with Crippen LogP contribution in [0.25, 0.3) is 0 Å². The Hall–Kier alpha value is -0.840. The number of nitro groups is 1. The zero-order valence-corrected chi connectivity index (χ0v) is 11.3. The lowest BCUT2D eigenvalue weighted by molar-refractivity contribution is -0.384. The van der Waals surface area contributed by atoms with Crippen molar-refractivity contribution in [2.75, 3.05) is 20.6 Å². The molecule has 0 radical (unpaired) electrons. The van der Waals surface area contributed by atoms with Crippen molar-refractivity contribution < 1.29 is 4.92 Å². The van der Waals surface area contributed by atoms with Crippen molar-refractivity contribution in [1.82, 2.24) is 4.90 Å².